The Kier molecular flexibility index (Phi) is 5.56. The number of piperidine rings is 1. The van der Waals surface area contributed by atoms with E-state index in [1.165, 1.54) is 12.5 Å². The van der Waals surface area contributed by atoms with Crippen LogP contribution in [-0.4, -0.2) is 49.2 Å². The minimum Gasteiger partial charge on any atom is -0.472 e. The number of furan rings is 1. The van der Waals surface area contributed by atoms with Crippen molar-refractivity contribution in [3.63, 3.8) is 0 Å². The maximum Gasteiger partial charge on any atom is 0.309 e. The summed E-state index contributed by atoms with van der Waals surface area (Å²) in [6.45, 7) is 1.14. The first kappa shape index (κ1) is 17.0. The lowest BCUT2D eigenvalue weighted by molar-refractivity contribution is -0.165. The number of carbonyl (C=O) groups excluding carboxylic acids is 2. The molecule has 1 aliphatic heterocycles. The van der Waals surface area contributed by atoms with Gasteiger partial charge in [-0.05, 0) is 38.2 Å². The van der Waals surface area contributed by atoms with Crippen LogP contribution in [0, 0.1) is 5.92 Å². The molecule has 2 unspecified atom stereocenters. The zero-order valence-electron chi connectivity index (χ0n) is 14.1. The number of nitrogens with zero attached hydrogens (tertiary/aromatic N) is 1. The lowest BCUT2D eigenvalue weighted by Gasteiger charge is -2.34. The summed E-state index contributed by atoms with van der Waals surface area (Å²) >= 11 is 0. The van der Waals surface area contributed by atoms with Gasteiger partial charge in [0.1, 0.15) is 12.4 Å². The third kappa shape index (κ3) is 3.80. The van der Waals surface area contributed by atoms with E-state index in [1.54, 1.807) is 18.1 Å². The first-order valence-corrected chi connectivity index (χ1v) is 8.74. The van der Waals surface area contributed by atoms with Crippen molar-refractivity contribution in [3.05, 3.63) is 24.2 Å². The molecule has 0 aromatic carbocycles. The highest BCUT2D eigenvalue weighted by Gasteiger charge is 2.33. The predicted octanol–water partition coefficient (Wildman–Crippen LogP) is 2.63. The number of esters is 1. The van der Waals surface area contributed by atoms with Crippen molar-refractivity contribution in [2.24, 2.45) is 5.92 Å². The fourth-order valence-corrected chi connectivity index (χ4v) is 3.60. The van der Waals surface area contributed by atoms with E-state index in [-0.39, 0.29) is 30.0 Å². The van der Waals surface area contributed by atoms with Gasteiger partial charge in [0.05, 0.1) is 23.8 Å². The average Bonchev–Trinajstić information content (AvgIpc) is 3.16. The Morgan fingerprint density at radius 2 is 1.83 bits per heavy atom. The second kappa shape index (κ2) is 7.83. The van der Waals surface area contributed by atoms with E-state index in [0.29, 0.717) is 31.5 Å². The van der Waals surface area contributed by atoms with Crippen LogP contribution in [0.2, 0.25) is 0 Å². The minimum atomic E-state index is -0.139. The molecular formula is C18H25NO5. The van der Waals surface area contributed by atoms with Crippen molar-refractivity contribution in [2.75, 3.05) is 20.2 Å². The second-order valence-electron chi connectivity index (χ2n) is 6.61. The van der Waals surface area contributed by atoms with E-state index in [2.05, 4.69) is 0 Å². The Bertz CT molecular complexity index is 548. The number of carbonyl (C=O) groups is 2. The van der Waals surface area contributed by atoms with Gasteiger partial charge in [0.25, 0.3) is 5.91 Å². The van der Waals surface area contributed by atoms with Crippen LogP contribution in [0.15, 0.2) is 23.0 Å². The fourth-order valence-electron chi connectivity index (χ4n) is 3.60. The van der Waals surface area contributed by atoms with Crippen molar-refractivity contribution in [1.82, 2.24) is 4.90 Å². The molecule has 0 spiro atoms. The van der Waals surface area contributed by atoms with Gasteiger partial charge in [-0.1, -0.05) is 6.42 Å². The van der Waals surface area contributed by atoms with Crippen LogP contribution in [0.1, 0.15) is 48.9 Å². The Morgan fingerprint density at radius 1 is 1.12 bits per heavy atom. The second-order valence-corrected chi connectivity index (χ2v) is 6.61. The zero-order valence-corrected chi connectivity index (χ0v) is 14.1. The molecule has 0 N–H and O–H groups in total. The lowest BCUT2D eigenvalue weighted by atomic mass is 9.93. The molecule has 132 valence electrons. The Morgan fingerprint density at radius 3 is 2.46 bits per heavy atom. The topological polar surface area (TPSA) is 69.0 Å². The van der Waals surface area contributed by atoms with Crippen molar-refractivity contribution < 1.29 is 23.5 Å². The Labute approximate surface area is 142 Å². The van der Waals surface area contributed by atoms with Crippen molar-refractivity contribution >= 4 is 11.9 Å². The number of rotatable bonds is 4. The number of likely N-dealkylation sites (tertiary alicyclic amines) is 1. The molecule has 1 aromatic rings. The smallest absolute Gasteiger partial charge is 0.309 e. The van der Waals surface area contributed by atoms with E-state index < -0.39 is 0 Å². The number of amides is 1. The van der Waals surface area contributed by atoms with Gasteiger partial charge in [0, 0.05) is 20.2 Å². The van der Waals surface area contributed by atoms with E-state index in [0.717, 1.165) is 25.7 Å². The number of methoxy groups -OCH3 is 1. The highest BCUT2D eigenvalue weighted by molar-refractivity contribution is 5.94. The number of hydrogen-bond acceptors (Lipinski definition) is 5. The molecule has 3 rings (SSSR count). The van der Waals surface area contributed by atoms with Crippen LogP contribution in [0.25, 0.3) is 0 Å². The minimum absolute atomic E-state index is 0.0189. The van der Waals surface area contributed by atoms with E-state index >= 15 is 0 Å². The normalized spacial score (nSPS) is 25.5. The van der Waals surface area contributed by atoms with Gasteiger partial charge in [-0.3, -0.25) is 9.59 Å². The largest absolute Gasteiger partial charge is 0.472 e. The van der Waals surface area contributed by atoms with Crippen LogP contribution >= 0.6 is 0 Å². The predicted molar refractivity (Wildman–Crippen MR) is 86.5 cm³/mol. The zero-order chi connectivity index (χ0) is 16.9. The standard InChI is InChI=1S/C18H25NO5/c1-22-15-4-2-3-5-16(15)24-18(21)13-6-9-19(10-7-13)17(20)14-8-11-23-12-14/h8,11-13,15-16H,2-7,9-10H2,1H3. The highest BCUT2D eigenvalue weighted by atomic mass is 16.6. The summed E-state index contributed by atoms with van der Waals surface area (Å²) in [6.07, 6.45) is 8.17. The number of hydrogen-bond donors (Lipinski definition) is 0. The highest BCUT2D eigenvalue weighted by Crippen LogP contribution is 2.26. The van der Waals surface area contributed by atoms with Crippen molar-refractivity contribution in [1.29, 1.82) is 0 Å². The summed E-state index contributed by atoms with van der Waals surface area (Å²) in [5, 5.41) is 0. The van der Waals surface area contributed by atoms with E-state index in [1.807, 2.05) is 0 Å². The third-order valence-electron chi connectivity index (χ3n) is 5.10. The van der Waals surface area contributed by atoms with Crippen molar-refractivity contribution in [3.8, 4) is 0 Å². The molecule has 6 heteroatoms. The molecule has 1 aromatic heterocycles. The molecule has 6 nitrogen and oxygen atoms in total. The monoisotopic (exact) mass is 335 g/mol. The molecule has 2 heterocycles. The Hall–Kier alpha value is -1.82. The summed E-state index contributed by atoms with van der Waals surface area (Å²) in [6, 6.07) is 1.66. The molecule has 2 fully saturated rings. The molecule has 2 aliphatic rings. The van der Waals surface area contributed by atoms with E-state index in [4.69, 9.17) is 13.9 Å². The quantitative estimate of drug-likeness (QED) is 0.791. The third-order valence-corrected chi connectivity index (χ3v) is 5.10. The molecule has 1 amide bonds. The number of ether oxygens (including phenoxy) is 2. The molecule has 1 saturated carbocycles. The molecule has 0 radical (unpaired) electrons. The van der Waals surface area contributed by atoms with Gasteiger partial charge in [-0.2, -0.15) is 0 Å². The van der Waals surface area contributed by atoms with Gasteiger partial charge in [0.2, 0.25) is 0 Å². The van der Waals surface area contributed by atoms with Gasteiger partial charge in [0.15, 0.2) is 0 Å². The SMILES string of the molecule is COC1CCCCC1OC(=O)C1CCN(C(=O)c2ccoc2)CC1. The van der Waals surface area contributed by atoms with Gasteiger partial charge in [-0.15, -0.1) is 0 Å². The summed E-state index contributed by atoms with van der Waals surface area (Å²) in [5.74, 6) is -0.306. The summed E-state index contributed by atoms with van der Waals surface area (Å²) in [5.41, 5.74) is 0.557. The first-order valence-electron chi connectivity index (χ1n) is 8.74. The summed E-state index contributed by atoms with van der Waals surface area (Å²) in [4.78, 5) is 26.5. The molecule has 2 atom stereocenters. The average molecular weight is 335 g/mol. The van der Waals surface area contributed by atoms with Crippen LogP contribution in [0.3, 0.4) is 0 Å². The van der Waals surface area contributed by atoms with Gasteiger partial charge < -0.3 is 18.8 Å². The van der Waals surface area contributed by atoms with Crippen LogP contribution < -0.4 is 0 Å². The maximum atomic E-state index is 12.4. The molecular weight excluding hydrogens is 310 g/mol. The van der Waals surface area contributed by atoms with Gasteiger partial charge in [-0.25, -0.2) is 0 Å². The lowest BCUT2D eigenvalue weighted by Crippen LogP contribution is -2.42. The molecule has 1 saturated heterocycles. The van der Waals surface area contributed by atoms with E-state index in [9.17, 15) is 9.59 Å². The van der Waals surface area contributed by atoms with Crippen LogP contribution in [0.4, 0.5) is 0 Å². The Balaban J connectivity index is 1.49. The van der Waals surface area contributed by atoms with Crippen LogP contribution in [0.5, 0.6) is 0 Å². The van der Waals surface area contributed by atoms with Crippen LogP contribution in [-0.2, 0) is 14.3 Å². The summed E-state index contributed by atoms with van der Waals surface area (Å²) < 4.78 is 16.1. The summed E-state index contributed by atoms with van der Waals surface area (Å²) in [7, 11) is 1.68. The van der Waals surface area contributed by atoms with Gasteiger partial charge >= 0.3 is 5.97 Å². The first-order chi connectivity index (χ1) is 11.7. The molecule has 24 heavy (non-hydrogen) atoms. The van der Waals surface area contributed by atoms with Crippen molar-refractivity contribution in [2.45, 2.75) is 50.7 Å². The fraction of sp³-hybridized carbons (Fsp3) is 0.667. The molecule has 0 bridgehead atoms. The molecule has 1 aliphatic carbocycles. The maximum absolute atomic E-state index is 12.4.